The molecule has 0 bridgehead atoms. The van der Waals surface area contributed by atoms with Crippen molar-refractivity contribution in [1.82, 2.24) is 0 Å². The Bertz CT molecular complexity index is 346. The van der Waals surface area contributed by atoms with E-state index in [2.05, 4.69) is 15.9 Å². The highest BCUT2D eigenvalue weighted by Gasteiger charge is 2.23. The van der Waals surface area contributed by atoms with Crippen LogP contribution < -0.4 is 0 Å². The van der Waals surface area contributed by atoms with Gasteiger partial charge in [-0.25, -0.2) is 4.39 Å². The fourth-order valence-electron chi connectivity index (χ4n) is 0.940. The highest BCUT2D eigenvalue weighted by molar-refractivity contribution is 9.10. The molecular formula is C8H5BrCl3FO. The van der Waals surface area contributed by atoms with Crippen LogP contribution in [0.3, 0.4) is 0 Å². The Balaban J connectivity index is 3.25. The largest absolute Gasteiger partial charge is 0.385 e. The zero-order valence-corrected chi connectivity index (χ0v) is 10.5. The first-order valence-corrected chi connectivity index (χ1v) is 5.59. The van der Waals surface area contributed by atoms with Crippen LogP contribution in [0.15, 0.2) is 16.6 Å². The van der Waals surface area contributed by atoms with Crippen molar-refractivity contribution in [3.8, 4) is 0 Å². The molecule has 1 nitrogen and oxygen atoms in total. The topological polar surface area (TPSA) is 20.2 Å². The van der Waals surface area contributed by atoms with E-state index in [1.165, 1.54) is 6.07 Å². The molecule has 0 aliphatic rings. The molecule has 0 aliphatic carbocycles. The molecule has 0 radical (unpaired) electrons. The second kappa shape index (κ2) is 4.99. The smallest absolute Gasteiger partial charge is 0.137 e. The Morgan fingerprint density at radius 3 is 2.43 bits per heavy atom. The van der Waals surface area contributed by atoms with Crippen molar-refractivity contribution in [3.05, 3.63) is 33.0 Å². The Labute approximate surface area is 104 Å². The summed E-state index contributed by atoms with van der Waals surface area (Å²) in [6, 6.07) is 2.51. The molecular weight excluding hydrogens is 317 g/mol. The summed E-state index contributed by atoms with van der Waals surface area (Å²) in [7, 11) is 0. The Morgan fingerprint density at radius 1 is 1.36 bits per heavy atom. The molecule has 1 rings (SSSR count). The number of rotatable bonds is 2. The summed E-state index contributed by atoms with van der Waals surface area (Å²) in [5.41, 5.74) is -0.0347. The quantitative estimate of drug-likeness (QED) is 0.642. The fourth-order valence-corrected chi connectivity index (χ4v) is 1.91. The van der Waals surface area contributed by atoms with Gasteiger partial charge in [-0.2, -0.15) is 0 Å². The lowest BCUT2D eigenvalue weighted by Crippen LogP contribution is -2.09. The summed E-state index contributed by atoms with van der Waals surface area (Å²) in [5.74, 6) is -0.611. The van der Waals surface area contributed by atoms with E-state index in [0.717, 1.165) is 6.07 Å². The predicted octanol–water partition coefficient (Wildman–Crippen LogP) is 4.08. The first-order valence-electron chi connectivity index (χ1n) is 3.54. The number of aliphatic hydroxyl groups excluding tert-OH is 1. The highest BCUT2D eigenvalue weighted by Crippen LogP contribution is 2.36. The van der Waals surface area contributed by atoms with Gasteiger partial charge in [0.2, 0.25) is 0 Å². The second-order valence-corrected chi connectivity index (χ2v) is 4.90. The minimum absolute atomic E-state index is 0.0347. The highest BCUT2D eigenvalue weighted by atomic mass is 79.9. The van der Waals surface area contributed by atoms with Crippen molar-refractivity contribution in [2.24, 2.45) is 0 Å². The molecule has 0 aromatic heterocycles. The first kappa shape index (κ1) is 12.5. The van der Waals surface area contributed by atoms with Crippen LogP contribution in [-0.2, 0) is 0 Å². The monoisotopic (exact) mass is 320 g/mol. The van der Waals surface area contributed by atoms with Gasteiger partial charge in [0.1, 0.15) is 16.8 Å². The normalized spacial score (nSPS) is 13.4. The molecule has 0 aliphatic heterocycles. The minimum Gasteiger partial charge on any atom is -0.385 e. The van der Waals surface area contributed by atoms with Crippen LogP contribution in [0.2, 0.25) is 5.02 Å². The van der Waals surface area contributed by atoms with Gasteiger partial charge in [-0.15, -0.1) is 23.2 Å². The Hall–Kier alpha value is 0.460. The molecule has 0 heterocycles. The summed E-state index contributed by atoms with van der Waals surface area (Å²) in [6.45, 7) is 0. The Kier molecular flexibility index (Phi) is 4.47. The van der Waals surface area contributed by atoms with Crippen LogP contribution in [0, 0.1) is 5.82 Å². The van der Waals surface area contributed by atoms with Crippen molar-refractivity contribution in [3.63, 3.8) is 0 Å². The molecule has 0 amide bonds. The molecule has 6 heteroatoms. The molecule has 0 saturated heterocycles. The van der Waals surface area contributed by atoms with Crippen molar-refractivity contribution >= 4 is 50.7 Å². The number of hydrogen-bond acceptors (Lipinski definition) is 1. The molecule has 14 heavy (non-hydrogen) atoms. The third-order valence-corrected chi connectivity index (χ3v) is 3.49. The number of benzene rings is 1. The van der Waals surface area contributed by atoms with Gasteiger partial charge in [0.05, 0.1) is 5.02 Å². The standard InChI is InChI=1S/C8H5BrCl3FO/c9-6-3(10)1-2-4(13)5(6)7(14)8(11)12/h1-2,7-8,14H. The van der Waals surface area contributed by atoms with Crippen LogP contribution >= 0.6 is 50.7 Å². The second-order valence-electron chi connectivity index (χ2n) is 2.54. The van der Waals surface area contributed by atoms with Crippen LogP contribution in [0.5, 0.6) is 0 Å². The summed E-state index contributed by atoms with van der Waals surface area (Å²) in [5, 5.41) is 9.78. The number of alkyl halides is 2. The van der Waals surface area contributed by atoms with Gasteiger partial charge in [0.25, 0.3) is 0 Å². The fraction of sp³-hybridized carbons (Fsp3) is 0.250. The van der Waals surface area contributed by atoms with Crippen molar-refractivity contribution in [2.75, 3.05) is 0 Å². The van der Waals surface area contributed by atoms with Crippen molar-refractivity contribution < 1.29 is 9.50 Å². The summed E-state index contributed by atoms with van der Waals surface area (Å²) in [4.78, 5) is -1.11. The van der Waals surface area contributed by atoms with E-state index in [4.69, 9.17) is 34.8 Å². The van der Waals surface area contributed by atoms with E-state index >= 15 is 0 Å². The van der Waals surface area contributed by atoms with E-state index in [0.29, 0.717) is 0 Å². The van der Waals surface area contributed by atoms with Crippen LogP contribution in [0.1, 0.15) is 11.7 Å². The lowest BCUT2D eigenvalue weighted by atomic mass is 10.1. The lowest BCUT2D eigenvalue weighted by Gasteiger charge is -2.15. The van der Waals surface area contributed by atoms with Crippen LogP contribution in [-0.4, -0.2) is 9.94 Å². The van der Waals surface area contributed by atoms with E-state index in [9.17, 15) is 9.50 Å². The van der Waals surface area contributed by atoms with E-state index in [1.54, 1.807) is 0 Å². The molecule has 0 saturated carbocycles. The first-order chi connectivity index (χ1) is 6.45. The predicted molar refractivity (Wildman–Crippen MR) is 59.6 cm³/mol. The average Bonchev–Trinajstić information content (AvgIpc) is 2.12. The summed E-state index contributed by atoms with van der Waals surface area (Å²) < 4.78 is 13.5. The zero-order valence-electron chi connectivity index (χ0n) is 6.65. The number of hydrogen-bond donors (Lipinski definition) is 1. The van der Waals surface area contributed by atoms with Gasteiger partial charge in [-0.3, -0.25) is 0 Å². The Morgan fingerprint density at radius 2 is 1.93 bits per heavy atom. The van der Waals surface area contributed by atoms with E-state index in [1.807, 2.05) is 0 Å². The third-order valence-electron chi connectivity index (χ3n) is 1.61. The lowest BCUT2D eigenvalue weighted by molar-refractivity contribution is 0.187. The molecule has 0 fully saturated rings. The van der Waals surface area contributed by atoms with E-state index < -0.39 is 16.8 Å². The maximum atomic E-state index is 13.3. The van der Waals surface area contributed by atoms with Crippen LogP contribution in [0.4, 0.5) is 4.39 Å². The SMILES string of the molecule is OC(c1c(F)ccc(Cl)c1Br)C(Cl)Cl. The third kappa shape index (κ3) is 2.52. The zero-order chi connectivity index (χ0) is 10.9. The van der Waals surface area contributed by atoms with Crippen LogP contribution in [0.25, 0.3) is 0 Å². The maximum absolute atomic E-state index is 13.3. The molecule has 78 valence electrons. The van der Waals surface area contributed by atoms with Gasteiger partial charge in [0, 0.05) is 10.0 Å². The summed E-state index contributed by atoms with van der Waals surface area (Å²) >= 11 is 19.7. The number of halogens is 5. The van der Waals surface area contributed by atoms with Crippen molar-refractivity contribution in [1.29, 1.82) is 0 Å². The maximum Gasteiger partial charge on any atom is 0.137 e. The average molecular weight is 322 g/mol. The molecule has 1 atom stereocenters. The molecule has 1 N–H and O–H groups in total. The van der Waals surface area contributed by atoms with Gasteiger partial charge in [0.15, 0.2) is 0 Å². The molecule has 0 spiro atoms. The minimum atomic E-state index is -1.31. The van der Waals surface area contributed by atoms with Gasteiger partial charge in [-0.1, -0.05) is 11.6 Å². The summed E-state index contributed by atoms with van der Waals surface area (Å²) in [6.07, 6.45) is -1.31. The molecule has 1 aromatic carbocycles. The van der Waals surface area contributed by atoms with Gasteiger partial charge >= 0.3 is 0 Å². The number of aliphatic hydroxyl groups is 1. The van der Waals surface area contributed by atoms with E-state index in [-0.39, 0.29) is 15.1 Å². The van der Waals surface area contributed by atoms with Crippen molar-refractivity contribution in [2.45, 2.75) is 10.9 Å². The molecule has 1 aromatic rings. The van der Waals surface area contributed by atoms with Gasteiger partial charge < -0.3 is 5.11 Å². The molecule has 1 unspecified atom stereocenters. The van der Waals surface area contributed by atoms with Gasteiger partial charge in [-0.05, 0) is 28.1 Å².